The van der Waals surface area contributed by atoms with Crippen LogP contribution in [-0.2, 0) is 10.0 Å². The van der Waals surface area contributed by atoms with Crippen LogP contribution in [0.15, 0.2) is 41.6 Å². The number of nitrogens with zero attached hydrogens (tertiary/aromatic N) is 1. The Hall–Kier alpha value is -1.54. The lowest BCUT2D eigenvalue weighted by Crippen LogP contribution is -2.17. The molecule has 0 radical (unpaired) electrons. The minimum Gasteiger partial charge on any atom is -0.323 e. The van der Waals surface area contributed by atoms with Crippen LogP contribution in [-0.4, -0.2) is 13.4 Å². The van der Waals surface area contributed by atoms with Crippen molar-refractivity contribution < 1.29 is 8.42 Å². The highest BCUT2D eigenvalue weighted by atomic mass is 35.5. The summed E-state index contributed by atoms with van der Waals surface area (Å²) in [5, 5.41) is 0.636. The van der Waals surface area contributed by atoms with Crippen LogP contribution in [0.4, 0.5) is 11.4 Å². The van der Waals surface area contributed by atoms with E-state index < -0.39 is 10.0 Å². The molecule has 9 heteroatoms. The first-order valence-electron chi connectivity index (χ1n) is 5.32. The van der Waals surface area contributed by atoms with Crippen molar-refractivity contribution in [1.29, 1.82) is 0 Å². The van der Waals surface area contributed by atoms with Crippen molar-refractivity contribution in [2.24, 2.45) is 5.84 Å². The van der Waals surface area contributed by atoms with Crippen LogP contribution in [0.1, 0.15) is 0 Å². The van der Waals surface area contributed by atoms with Gasteiger partial charge in [0, 0.05) is 22.4 Å². The molecule has 0 aliphatic carbocycles. The number of pyridine rings is 1. The summed E-state index contributed by atoms with van der Waals surface area (Å²) in [6.07, 6.45) is 2.61. The molecule has 2 aromatic rings. The van der Waals surface area contributed by atoms with Gasteiger partial charge in [0.25, 0.3) is 10.0 Å². The smallest absolute Gasteiger partial charge is 0.265 e. The average Bonchev–Trinajstić information content (AvgIpc) is 2.36. The van der Waals surface area contributed by atoms with Crippen molar-refractivity contribution in [1.82, 2.24) is 4.98 Å². The Kier molecular flexibility index (Phi) is 4.34. The normalized spacial score (nSPS) is 11.2. The van der Waals surface area contributed by atoms with Crippen molar-refractivity contribution in [3.63, 3.8) is 0 Å². The third kappa shape index (κ3) is 3.31. The number of sulfonamides is 1. The summed E-state index contributed by atoms with van der Waals surface area (Å²) in [5.74, 6) is 5.28. The fourth-order valence-corrected chi connectivity index (χ4v) is 3.22. The molecule has 0 aliphatic rings. The molecule has 1 aromatic carbocycles. The van der Waals surface area contributed by atoms with Gasteiger partial charge in [-0.2, -0.15) is 0 Å². The van der Waals surface area contributed by atoms with E-state index in [2.05, 4.69) is 15.1 Å². The third-order valence-electron chi connectivity index (χ3n) is 2.34. The standard InChI is InChI=1S/C11H10Cl2N4O2S/c12-7-3-8(13)5-9(4-7)17-20(18,19)11-6-15-2-1-10(11)16-14/h1-6,17H,14H2,(H,15,16). The van der Waals surface area contributed by atoms with Gasteiger partial charge in [-0.25, -0.2) is 8.42 Å². The zero-order valence-corrected chi connectivity index (χ0v) is 12.3. The number of rotatable bonds is 4. The lowest BCUT2D eigenvalue weighted by atomic mass is 10.3. The molecule has 106 valence electrons. The van der Waals surface area contributed by atoms with Crippen molar-refractivity contribution >= 4 is 44.6 Å². The van der Waals surface area contributed by atoms with Crippen LogP contribution in [0, 0.1) is 0 Å². The minimum absolute atomic E-state index is 0.0846. The fourth-order valence-electron chi connectivity index (χ4n) is 1.54. The molecule has 0 fully saturated rings. The second-order valence-electron chi connectivity index (χ2n) is 3.78. The Balaban J connectivity index is 2.41. The maximum atomic E-state index is 12.3. The van der Waals surface area contributed by atoms with Crippen LogP contribution in [0.25, 0.3) is 0 Å². The SMILES string of the molecule is NNc1ccncc1S(=O)(=O)Nc1cc(Cl)cc(Cl)c1. The van der Waals surface area contributed by atoms with E-state index >= 15 is 0 Å². The molecular weight excluding hydrogens is 323 g/mol. The Morgan fingerprint density at radius 2 is 1.80 bits per heavy atom. The van der Waals surface area contributed by atoms with E-state index in [1.165, 1.54) is 36.7 Å². The van der Waals surface area contributed by atoms with Crippen molar-refractivity contribution in [3.05, 3.63) is 46.7 Å². The van der Waals surface area contributed by atoms with E-state index in [-0.39, 0.29) is 16.3 Å². The zero-order valence-electron chi connectivity index (χ0n) is 9.97. The summed E-state index contributed by atoms with van der Waals surface area (Å²) in [6.45, 7) is 0. The molecule has 0 saturated carbocycles. The maximum Gasteiger partial charge on any atom is 0.265 e. The maximum absolute atomic E-state index is 12.3. The van der Waals surface area contributed by atoms with Gasteiger partial charge in [0.2, 0.25) is 0 Å². The van der Waals surface area contributed by atoms with Crippen molar-refractivity contribution in [3.8, 4) is 0 Å². The molecule has 0 spiro atoms. The summed E-state index contributed by atoms with van der Waals surface area (Å²) in [4.78, 5) is 3.68. The highest BCUT2D eigenvalue weighted by Gasteiger charge is 2.19. The summed E-state index contributed by atoms with van der Waals surface area (Å²) >= 11 is 11.6. The molecule has 0 aliphatic heterocycles. The largest absolute Gasteiger partial charge is 0.323 e. The van der Waals surface area contributed by atoms with Gasteiger partial charge in [-0.1, -0.05) is 23.2 Å². The number of aromatic nitrogens is 1. The van der Waals surface area contributed by atoms with Gasteiger partial charge in [-0.3, -0.25) is 15.5 Å². The summed E-state index contributed by atoms with van der Waals surface area (Å²) in [5.41, 5.74) is 2.77. The fraction of sp³-hybridized carbons (Fsp3) is 0. The number of halogens is 2. The quantitative estimate of drug-likeness (QED) is 0.590. The lowest BCUT2D eigenvalue weighted by Gasteiger charge is -2.11. The number of nitrogens with two attached hydrogens (primary N) is 1. The summed E-state index contributed by atoms with van der Waals surface area (Å²) in [6, 6.07) is 5.82. The molecule has 20 heavy (non-hydrogen) atoms. The van der Waals surface area contributed by atoms with Crippen molar-refractivity contribution in [2.45, 2.75) is 4.90 Å². The van der Waals surface area contributed by atoms with Gasteiger partial charge in [0.15, 0.2) is 0 Å². The van der Waals surface area contributed by atoms with Gasteiger partial charge >= 0.3 is 0 Å². The van der Waals surface area contributed by atoms with Gasteiger partial charge in [0.1, 0.15) is 4.90 Å². The monoisotopic (exact) mass is 332 g/mol. The van der Waals surface area contributed by atoms with Crippen LogP contribution in [0.5, 0.6) is 0 Å². The summed E-state index contributed by atoms with van der Waals surface area (Å²) < 4.78 is 26.9. The highest BCUT2D eigenvalue weighted by Crippen LogP contribution is 2.26. The molecule has 0 bridgehead atoms. The molecule has 0 saturated heterocycles. The Labute approximate surface area is 125 Å². The minimum atomic E-state index is -3.86. The number of hydrazine groups is 1. The predicted octanol–water partition coefficient (Wildman–Crippen LogP) is 2.47. The number of hydrogen-bond acceptors (Lipinski definition) is 5. The second kappa shape index (κ2) is 5.84. The topological polar surface area (TPSA) is 97.1 Å². The molecule has 1 heterocycles. The predicted molar refractivity (Wildman–Crippen MR) is 79.3 cm³/mol. The first-order valence-corrected chi connectivity index (χ1v) is 7.56. The molecular formula is C11H10Cl2N4O2S. The molecule has 0 amide bonds. The number of benzene rings is 1. The molecule has 0 unspecified atom stereocenters. The van der Waals surface area contributed by atoms with Gasteiger partial charge in [-0.05, 0) is 24.3 Å². The highest BCUT2D eigenvalue weighted by molar-refractivity contribution is 7.92. The van der Waals surface area contributed by atoms with E-state index in [1.54, 1.807) is 0 Å². The second-order valence-corrected chi connectivity index (χ2v) is 6.30. The number of hydrogen-bond donors (Lipinski definition) is 3. The van der Waals surface area contributed by atoms with Gasteiger partial charge in [0.05, 0.1) is 11.4 Å². The molecule has 6 nitrogen and oxygen atoms in total. The van der Waals surface area contributed by atoms with Gasteiger partial charge in [-0.15, -0.1) is 0 Å². The third-order valence-corrected chi connectivity index (χ3v) is 4.19. The van der Waals surface area contributed by atoms with Gasteiger partial charge < -0.3 is 5.43 Å². The van der Waals surface area contributed by atoms with E-state index in [1.807, 2.05) is 0 Å². The molecule has 4 N–H and O–H groups in total. The Morgan fingerprint density at radius 3 is 2.40 bits per heavy atom. The van der Waals surface area contributed by atoms with Crippen molar-refractivity contribution in [2.75, 3.05) is 10.1 Å². The van der Waals surface area contributed by atoms with E-state index in [0.29, 0.717) is 10.0 Å². The Morgan fingerprint density at radius 1 is 1.15 bits per heavy atom. The number of nitrogen functional groups attached to an aromatic ring is 1. The number of anilines is 2. The average molecular weight is 333 g/mol. The first kappa shape index (κ1) is 14.9. The number of nitrogens with one attached hydrogen (secondary N) is 2. The van der Waals surface area contributed by atoms with E-state index in [4.69, 9.17) is 29.0 Å². The van der Waals surface area contributed by atoms with Crippen LogP contribution < -0.4 is 16.0 Å². The zero-order chi connectivity index (χ0) is 14.8. The first-order chi connectivity index (χ1) is 9.42. The summed E-state index contributed by atoms with van der Waals surface area (Å²) in [7, 11) is -3.86. The van der Waals surface area contributed by atoms with Crippen LogP contribution >= 0.6 is 23.2 Å². The van der Waals surface area contributed by atoms with Crippen LogP contribution in [0.2, 0.25) is 10.0 Å². The lowest BCUT2D eigenvalue weighted by molar-refractivity contribution is 0.601. The molecule has 0 atom stereocenters. The molecule has 1 aromatic heterocycles. The van der Waals surface area contributed by atoms with E-state index in [0.717, 1.165) is 0 Å². The van der Waals surface area contributed by atoms with E-state index in [9.17, 15) is 8.42 Å². The van der Waals surface area contributed by atoms with Crippen LogP contribution in [0.3, 0.4) is 0 Å². The molecule has 2 rings (SSSR count). The Bertz CT molecular complexity index is 717.